The maximum atomic E-state index is 14.0. The summed E-state index contributed by atoms with van der Waals surface area (Å²) < 4.78 is 1.77. The summed E-state index contributed by atoms with van der Waals surface area (Å²) in [5, 5.41) is 13.3. The lowest BCUT2D eigenvalue weighted by atomic mass is 9.69. The summed E-state index contributed by atoms with van der Waals surface area (Å²) in [5.41, 5.74) is 6.35. The summed E-state index contributed by atoms with van der Waals surface area (Å²) >= 11 is 0. The molecule has 2 aromatic rings. The van der Waals surface area contributed by atoms with E-state index < -0.39 is 18.5 Å². The van der Waals surface area contributed by atoms with Crippen LogP contribution in [0.3, 0.4) is 0 Å². The van der Waals surface area contributed by atoms with Gasteiger partial charge in [0, 0.05) is 31.1 Å². The Morgan fingerprint density at radius 3 is 2.48 bits per heavy atom. The van der Waals surface area contributed by atoms with Crippen LogP contribution in [0.15, 0.2) is 34.2 Å². The van der Waals surface area contributed by atoms with Crippen molar-refractivity contribution in [2.75, 3.05) is 6.61 Å². The Kier molecular flexibility index (Phi) is 9.92. The van der Waals surface area contributed by atoms with Gasteiger partial charge in [0.25, 0.3) is 11.5 Å². The zero-order chi connectivity index (χ0) is 29.6. The number of oxime groups is 1. The molecular weight excluding hydrogens is 534 g/mol. The van der Waals surface area contributed by atoms with Gasteiger partial charge in [0.05, 0.1) is 17.5 Å². The number of hydrogen-bond donors (Lipinski definition) is 2. The van der Waals surface area contributed by atoms with E-state index in [4.69, 9.17) is 10.6 Å². The van der Waals surface area contributed by atoms with E-state index in [1.807, 2.05) is 24.3 Å². The Hall–Kier alpha value is -3.27. The zero-order valence-electron chi connectivity index (χ0n) is 24.7. The quantitative estimate of drug-likeness (QED) is 0.279. The van der Waals surface area contributed by atoms with Crippen LogP contribution < -0.4 is 11.3 Å². The summed E-state index contributed by atoms with van der Waals surface area (Å²) in [6, 6.07) is 9.13. The van der Waals surface area contributed by atoms with Gasteiger partial charge in [-0.1, -0.05) is 49.9 Å². The summed E-state index contributed by atoms with van der Waals surface area (Å²) in [4.78, 5) is 49.1. The van der Waals surface area contributed by atoms with Gasteiger partial charge in [-0.2, -0.15) is 0 Å². The summed E-state index contributed by atoms with van der Waals surface area (Å²) in [6.07, 6.45) is 13.4. The molecule has 0 radical (unpaired) electrons. The van der Waals surface area contributed by atoms with Gasteiger partial charge in [-0.05, 0) is 68.9 Å². The van der Waals surface area contributed by atoms with Crippen LogP contribution in [0.5, 0.6) is 0 Å². The lowest BCUT2D eigenvalue weighted by Crippen LogP contribution is -2.54. The molecule has 5 rings (SSSR count). The second kappa shape index (κ2) is 13.8. The van der Waals surface area contributed by atoms with Crippen molar-refractivity contribution in [1.29, 1.82) is 0 Å². The Morgan fingerprint density at radius 1 is 1.05 bits per heavy atom. The number of nitrogens with zero attached hydrogens (tertiary/aromatic N) is 4. The number of likely N-dealkylation sites (tertiary alicyclic amines) is 1. The molecule has 2 aliphatic carbocycles. The van der Waals surface area contributed by atoms with Crippen LogP contribution in [-0.4, -0.2) is 61.9 Å². The molecule has 1 aliphatic heterocycles. The molecular formula is C32H45N5O5. The van der Waals surface area contributed by atoms with E-state index in [-0.39, 0.29) is 29.8 Å². The van der Waals surface area contributed by atoms with Crippen LogP contribution in [-0.2, 0) is 21.0 Å². The van der Waals surface area contributed by atoms with Gasteiger partial charge in [-0.3, -0.25) is 19.3 Å². The monoisotopic (exact) mass is 579 g/mol. The van der Waals surface area contributed by atoms with Crippen molar-refractivity contribution in [1.82, 2.24) is 14.5 Å². The number of rotatable bonds is 12. The van der Waals surface area contributed by atoms with Crippen LogP contribution in [0, 0.1) is 11.8 Å². The maximum absolute atomic E-state index is 14.0. The third kappa shape index (κ3) is 7.02. The van der Waals surface area contributed by atoms with Crippen LogP contribution in [0.4, 0.5) is 0 Å². The van der Waals surface area contributed by atoms with Gasteiger partial charge in [-0.25, -0.2) is 4.98 Å². The van der Waals surface area contributed by atoms with E-state index in [0.29, 0.717) is 30.2 Å². The summed E-state index contributed by atoms with van der Waals surface area (Å²) in [6.45, 7) is 2.37. The van der Waals surface area contributed by atoms with E-state index in [0.717, 1.165) is 36.6 Å². The predicted octanol–water partition coefficient (Wildman–Crippen LogP) is 4.46. The molecule has 3 N–H and O–H groups in total. The maximum Gasteiger partial charge on any atom is 0.303 e. The number of piperidine rings is 1. The van der Waals surface area contributed by atoms with Crippen LogP contribution in [0.25, 0.3) is 11.0 Å². The highest BCUT2D eigenvalue weighted by atomic mass is 16.6. The lowest BCUT2D eigenvalue weighted by molar-refractivity contribution is -0.136. The number of benzene rings is 1. The molecule has 2 bridgehead atoms. The number of hydrogen-bond acceptors (Lipinski definition) is 7. The van der Waals surface area contributed by atoms with Crippen molar-refractivity contribution in [3.63, 3.8) is 0 Å². The van der Waals surface area contributed by atoms with E-state index in [2.05, 4.69) is 22.0 Å². The molecule has 3 fully saturated rings. The SMILES string of the molecule is CCC1CCCC(CCn2c(=O)c(C(CCC(=O)O)=NOCC(N)=O)nc3ccccc32)N1C1CC2CCCC(C2)C1. The first kappa shape index (κ1) is 30.2. The number of nitrogens with two attached hydrogens (primary N) is 1. The lowest BCUT2D eigenvalue weighted by Gasteiger charge is -2.51. The minimum atomic E-state index is -1.03. The van der Waals surface area contributed by atoms with Crippen molar-refractivity contribution in [2.24, 2.45) is 22.7 Å². The molecule has 1 aromatic heterocycles. The van der Waals surface area contributed by atoms with Gasteiger partial charge in [0.15, 0.2) is 12.3 Å². The minimum Gasteiger partial charge on any atom is -0.481 e. The highest BCUT2D eigenvalue weighted by molar-refractivity contribution is 6.00. The van der Waals surface area contributed by atoms with E-state index >= 15 is 0 Å². The first-order valence-electron chi connectivity index (χ1n) is 15.8. The van der Waals surface area contributed by atoms with Gasteiger partial charge in [0.2, 0.25) is 0 Å². The number of aliphatic carboxylic acids is 1. The molecule has 2 saturated carbocycles. The average Bonchev–Trinajstić information content (AvgIpc) is 2.97. The van der Waals surface area contributed by atoms with Crippen molar-refractivity contribution in [3.8, 4) is 0 Å². The Bertz CT molecular complexity index is 1340. The molecule has 3 aliphatic rings. The highest BCUT2D eigenvalue weighted by Crippen LogP contribution is 2.44. The molecule has 4 atom stereocenters. The van der Waals surface area contributed by atoms with E-state index in [9.17, 15) is 19.5 Å². The molecule has 10 nitrogen and oxygen atoms in total. The van der Waals surface area contributed by atoms with Gasteiger partial charge >= 0.3 is 5.97 Å². The van der Waals surface area contributed by atoms with Crippen LogP contribution in [0.2, 0.25) is 0 Å². The molecule has 4 unspecified atom stereocenters. The molecule has 2 heterocycles. The Balaban J connectivity index is 1.44. The molecule has 0 spiro atoms. The van der Waals surface area contributed by atoms with Crippen LogP contribution in [0.1, 0.15) is 96.1 Å². The summed E-state index contributed by atoms with van der Waals surface area (Å²) in [7, 11) is 0. The average molecular weight is 580 g/mol. The molecule has 1 aromatic carbocycles. The van der Waals surface area contributed by atoms with Gasteiger partial charge < -0.3 is 20.2 Å². The third-order valence-corrected chi connectivity index (χ3v) is 9.68. The van der Waals surface area contributed by atoms with Crippen molar-refractivity contribution < 1.29 is 19.5 Å². The second-order valence-electron chi connectivity index (χ2n) is 12.5. The first-order valence-corrected chi connectivity index (χ1v) is 15.8. The topological polar surface area (TPSA) is 140 Å². The third-order valence-electron chi connectivity index (χ3n) is 9.68. The molecule has 42 heavy (non-hydrogen) atoms. The molecule has 1 saturated heterocycles. The number of carboxylic acid groups (broad SMARTS) is 1. The fraction of sp³-hybridized carbons (Fsp3) is 0.656. The van der Waals surface area contributed by atoms with E-state index in [1.165, 1.54) is 51.4 Å². The Labute approximate surface area is 247 Å². The molecule has 10 heteroatoms. The largest absolute Gasteiger partial charge is 0.481 e. The Morgan fingerprint density at radius 2 is 1.76 bits per heavy atom. The number of para-hydroxylation sites is 2. The number of aryl methyl sites for hydroxylation is 1. The first-order chi connectivity index (χ1) is 20.3. The number of amides is 1. The predicted molar refractivity (Wildman–Crippen MR) is 161 cm³/mol. The number of fused-ring (bicyclic) bond motifs is 3. The highest BCUT2D eigenvalue weighted by Gasteiger charge is 2.40. The fourth-order valence-corrected chi connectivity index (χ4v) is 7.92. The number of carbonyl (C=O) groups is 2. The van der Waals surface area contributed by atoms with E-state index in [1.54, 1.807) is 4.57 Å². The molecule has 228 valence electrons. The number of primary amides is 1. The number of carboxylic acids is 1. The van der Waals surface area contributed by atoms with Crippen molar-refractivity contribution in [3.05, 3.63) is 40.3 Å². The van der Waals surface area contributed by atoms with Gasteiger partial charge in [0.1, 0.15) is 5.71 Å². The molecule has 1 amide bonds. The fourth-order valence-electron chi connectivity index (χ4n) is 7.92. The van der Waals surface area contributed by atoms with Crippen molar-refractivity contribution in [2.45, 2.75) is 115 Å². The number of carbonyl (C=O) groups excluding carboxylic acids is 1. The second-order valence-corrected chi connectivity index (χ2v) is 12.5. The van der Waals surface area contributed by atoms with Crippen LogP contribution >= 0.6 is 0 Å². The number of aromatic nitrogens is 2. The zero-order valence-corrected chi connectivity index (χ0v) is 24.7. The smallest absolute Gasteiger partial charge is 0.303 e. The summed E-state index contributed by atoms with van der Waals surface area (Å²) in [5.74, 6) is -0.0351. The normalized spacial score (nSPS) is 26.7. The van der Waals surface area contributed by atoms with Gasteiger partial charge in [-0.15, -0.1) is 0 Å². The minimum absolute atomic E-state index is 0.0476. The van der Waals surface area contributed by atoms with Crippen molar-refractivity contribution >= 4 is 28.6 Å². The standard InChI is InChI=1S/C32H45N5O5/c1-2-23-9-6-10-24(37(23)25-18-21-7-5-8-22(17-21)19-25)15-16-36-28-12-4-3-11-26(28)34-31(32(36)41)27(13-14-30(39)40)35-42-20-29(33)38/h3-4,11-12,21-25H,2,5-10,13-20H2,1H3,(H2,33,38)(H,39,40).